The number of hydrogen-bond donors (Lipinski definition) is 0. The standard InChI is InChI=1S/C22H25N5O2S/c1-16-8-7-13-26(14-16)20(28)15-30-22-25-24-21(17-9-5-6-12-23-17)27(22)18-10-3-4-11-19(18)29-2/h3-6,9-12,16H,7-8,13-15H2,1-2H3. The monoisotopic (exact) mass is 423 g/mol. The van der Waals surface area contributed by atoms with Gasteiger partial charge in [0.1, 0.15) is 11.4 Å². The Morgan fingerprint density at radius 3 is 2.80 bits per heavy atom. The van der Waals surface area contributed by atoms with Crippen molar-refractivity contribution in [1.82, 2.24) is 24.6 Å². The van der Waals surface area contributed by atoms with E-state index in [0.717, 1.165) is 25.2 Å². The van der Waals surface area contributed by atoms with Crippen LogP contribution in [0.4, 0.5) is 0 Å². The van der Waals surface area contributed by atoms with E-state index in [4.69, 9.17) is 4.74 Å². The van der Waals surface area contributed by atoms with E-state index < -0.39 is 0 Å². The molecule has 1 aliphatic rings. The topological polar surface area (TPSA) is 73.1 Å². The van der Waals surface area contributed by atoms with Crippen molar-refractivity contribution in [1.29, 1.82) is 0 Å². The first-order valence-electron chi connectivity index (χ1n) is 10.1. The molecule has 1 amide bonds. The van der Waals surface area contributed by atoms with E-state index in [2.05, 4.69) is 22.1 Å². The molecule has 0 radical (unpaired) electrons. The number of hydrogen-bond acceptors (Lipinski definition) is 6. The van der Waals surface area contributed by atoms with E-state index in [0.29, 0.717) is 34.1 Å². The van der Waals surface area contributed by atoms with Gasteiger partial charge in [0.05, 0.1) is 18.6 Å². The molecule has 8 heteroatoms. The highest BCUT2D eigenvalue weighted by atomic mass is 32.2. The quantitative estimate of drug-likeness (QED) is 0.563. The first kappa shape index (κ1) is 20.4. The Bertz CT molecular complexity index is 1010. The van der Waals surface area contributed by atoms with Crippen molar-refractivity contribution in [3.63, 3.8) is 0 Å². The first-order valence-corrected chi connectivity index (χ1v) is 11.1. The first-order chi connectivity index (χ1) is 14.7. The molecule has 0 aliphatic carbocycles. The van der Waals surface area contributed by atoms with Gasteiger partial charge in [0, 0.05) is 19.3 Å². The number of pyridine rings is 1. The van der Waals surface area contributed by atoms with Crippen LogP contribution in [0.25, 0.3) is 17.2 Å². The molecule has 30 heavy (non-hydrogen) atoms. The molecule has 7 nitrogen and oxygen atoms in total. The van der Waals surface area contributed by atoms with Gasteiger partial charge in [-0.15, -0.1) is 10.2 Å². The molecule has 0 spiro atoms. The number of para-hydroxylation sites is 2. The van der Waals surface area contributed by atoms with Crippen LogP contribution >= 0.6 is 11.8 Å². The second kappa shape index (κ2) is 9.30. The summed E-state index contributed by atoms with van der Waals surface area (Å²) in [5.74, 6) is 2.33. The van der Waals surface area contributed by atoms with Crippen LogP contribution in [-0.2, 0) is 4.79 Å². The highest BCUT2D eigenvalue weighted by molar-refractivity contribution is 7.99. The van der Waals surface area contributed by atoms with Crippen LogP contribution in [0.1, 0.15) is 19.8 Å². The number of amides is 1. The SMILES string of the molecule is COc1ccccc1-n1c(SCC(=O)N2CCCC(C)C2)nnc1-c1ccccn1. The van der Waals surface area contributed by atoms with E-state index in [1.165, 1.54) is 18.2 Å². The molecule has 0 N–H and O–H groups in total. The predicted molar refractivity (Wildman–Crippen MR) is 117 cm³/mol. The molecule has 3 aromatic rings. The van der Waals surface area contributed by atoms with Crippen molar-refractivity contribution in [2.45, 2.75) is 24.9 Å². The third-order valence-corrected chi connectivity index (χ3v) is 6.10. The number of ether oxygens (including phenoxy) is 1. The Labute approximate surface area is 180 Å². The minimum absolute atomic E-state index is 0.139. The van der Waals surface area contributed by atoms with Crippen LogP contribution in [0.3, 0.4) is 0 Å². The summed E-state index contributed by atoms with van der Waals surface area (Å²) in [5.41, 5.74) is 1.52. The van der Waals surface area contributed by atoms with Crippen LogP contribution in [0.5, 0.6) is 5.75 Å². The summed E-state index contributed by atoms with van der Waals surface area (Å²) in [6.45, 7) is 3.87. The number of likely N-dealkylation sites (tertiary alicyclic amines) is 1. The second-order valence-electron chi connectivity index (χ2n) is 7.40. The van der Waals surface area contributed by atoms with Gasteiger partial charge >= 0.3 is 0 Å². The van der Waals surface area contributed by atoms with Crippen molar-refractivity contribution in [3.8, 4) is 23.0 Å². The second-order valence-corrected chi connectivity index (χ2v) is 8.35. The van der Waals surface area contributed by atoms with Crippen LogP contribution in [-0.4, -0.2) is 56.5 Å². The zero-order valence-electron chi connectivity index (χ0n) is 17.2. The molecule has 1 atom stereocenters. The van der Waals surface area contributed by atoms with E-state index in [1.807, 2.05) is 51.9 Å². The van der Waals surface area contributed by atoms with Crippen LogP contribution in [0.15, 0.2) is 53.8 Å². The predicted octanol–water partition coefficient (Wildman–Crippen LogP) is 3.69. The largest absolute Gasteiger partial charge is 0.495 e. The average Bonchev–Trinajstić information content (AvgIpc) is 3.21. The maximum absolute atomic E-state index is 12.8. The number of nitrogens with zero attached hydrogens (tertiary/aromatic N) is 5. The number of benzene rings is 1. The number of methoxy groups -OCH3 is 1. The summed E-state index contributed by atoms with van der Waals surface area (Å²) in [7, 11) is 1.64. The van der Waals surface area contributed by atoms with Gasteiger partial charge in [0.25, 0.3) is 0 Å². The zero-order valence-corrected chi connectivity index (χ0v) is 18.0. The molecule has 1 aliphatic heterocycles. The number of piperidine rings is 1. The minimum atomic E-state index is 0.139. The fourth-order valence-corrected chi connectivity index (χ4v) is 4.54. The van der Waals surface area contributed by atoms with E-state index in [9.17, 15) is 4.79 Å². The van der Waals surface area contributed by atoms with E-state index in [1.54, 1.807) is 13.3 Å². The summed E-state index contributed by atoms with van der Waals surface area (Å²) in [5, 5.41) is 9.41. The summed E-state index contributed by atoms with van der Waals surface area (Å²) < 4.78 is 7.48. The van der Waals surface area contributed by atoms with E-state index >= 15 is 0 Å². The van der Waals surface area contributed by atoms with Crippen LogP contribution < -0.4 is 4.74 Å². The lowest BCUT2D eigenvalue weighted by Gasteiger charge is -2.30. The van der Waals surface area contributed by atoms with Gasteiger partial charge < -0.3 is 9.64 Å². The summed E-state index contributed by atoms with van der Waals surface area (Å²) in [6, 6.07) is 13.4. The summed E-state index contributed by atoms with van der Waals surface area (Å²) >= 11 is 1.39. The van der Waals surface area contributed by atoms with Crippen molar-refractivity contribution >= 4 is 17.7 Å². The number of carbonyl (C=O) groups excluding carboxylic acids is 1. The lowest BCUT2D eigenvalue weighted by atomic mass is 10.0. The third-order valence-electron chi connectivity index (χ3n) is 5.19. The highest BCUT2D eigenvalue weighted by Gasteiger charge is 2.24. The maximum Gasteiger partial charge on any atom is 0.233 e. The Hall–Kier alpha value is -2.87. The van der Waals surface area contributed by atoms with Gasteiger partial charge in [-0.05, 0) is 43.0 Å². The lowest BCUT2D eigenvalue weighted by molar-refractivity contribution is -0.130. The molecule has 1 fully saturated rings. The minimum Gasteiger partial charge on any atom is -0.495 e. The molecule has 4 rings (SSSR count). The maximum atomic E-state index is 12.8. The molecular weight excluding hydrogens is 398 g/mol. The van der Waals surface area contributed by atoms with Crippen LogP contribution in [0, 0.1) is 5.92 Å². The zero-order chi connectivity index (χ0) is 20.9. The Balaban J connectivity index is 1.65. The fourth-order valence-electron chi connectivity index (χ4n) is 3.69. The average molecular weight is 424 g/mol. The highest BCUT2D eigenvalue weighted by Crippen LogP contribution is 2.32. The number of aromatic nitrogens is 4. The Kier molecular flexibility index (Phi) is 6.32. The van der Waals surface area contributed by atoms with E-state index in [-0.39, 0.29) is 5.91 Å². The number of thioether (sulfide) groups is 1. The van der Waals surface area contributed by atoms with Gasteiger partial charge in [0.2, 0.25) is 5.91 Å². The number of carbonyl (C=O) groups is 1. The van der Waals surface area contributed by atoms with Gasteiger partial charge in [-0.1, -0.05) is 36.9 Å². The summed E-state index contributed by atoms with van der Waals surface area (Å²) in [4.78, 5) is 19.2. The molecule has 0 saturated carbocycles. The fraction of sp³-hybridized carbons (Fsp3) is 0.364. The Morgan fingerprint density at radius 1 is 1.20 bits per heavy atom. The van der Waals surface area contributed by atoms with Gasteiger partial charge in [0.15, 0.2) is 11.0 Å². The lowest BCUT2D eigenvalue weighted by Crippen LogP contribution is -2.40. The molecule has 1 saturated heterocycles. The molecule has 1 unspecified atom stereocenters. The third kappa shape index (κ3) is 4.33. The van der Waals surface area contributed by atoms with Crippen molar-refractivity contribution < 1.29 is 9.53 Å². The van der Waals surface area contributed by atoms with Crippen molar-refractivity contribution in [2.24, 2.45) is 5.92 Å². The molecule has 0 bridgehead atoms. The van der Waals surface area contributed by atoms with Gasteiger partial charge in [-0.3, -0.25) is 14.3 Å². The molecule has 156 valence electrons. The number of rotatable bonds is 6. The molecule has 1 aromatic carbocycles. The smallest absolute Gasteiger partial charge is 0.233 e. The molecule has 3 heterocycles. The van der Waals surface area contributed by atoms with Gasteiger partial charge in [-0.2, -0.15) is 0 Å². The molecule has 2 aromatic heterocycles. The normalized spacial score (nSPS) is 16.5. The summed E-state index contributed by atoms with van der Waals surface area (Å²) in [6.07, 6.45) is 3.98. The Morgan fingerprint density at radius 2 is 2.03 bits per heavy atom. The molecular formula is C22H25N5O2S. The van der Waals surface area contributed by atoms with Crippen molar-refractivity contribution in [2.75, 3.05) is 26.0 Å². The van der Waals surface area contributed by atoms with Gasteiger partial charge in [-0.25, -0.2) is 0 Å². The van der Waals surface area contributed by atoms with Crippen molar-refractivity contribution in [3.05, 3.63) is 48.7 Å². The van der Waals surface area contributed by atoms with Crippen LogP contribution in [0.2, 0.25) is 0 Å².